The highest BCUT2D eigenvalue weighted by atomic mass is 28.4. The average Bonchev–Trinajstić information content (AvgIpc) is 2.27. The third-order valence-corrected chi connectivity index (χ3v) is 10.4. The molecule has 0 aliphatic carbocycles. The van der Waals surface area contributed by atoms with E-state index in [0.717, 1.165) is 19.3 Å². The molecule has 0 spiro atoms. The van der Waals surface area contributed by atoms with E-state index in [1.807, 2.05) is 6.92 Å². The molecule has 2 nitrogen and oxygen atoms in total. The number of aldehydes is 1. The lowest BCUT2D eigenvalue weighted by atomic mass is 10.00. The van der Waals surface area contributed by atoms with Crippen LogP contribution in [0.3, 0.4) is 0 Å². The largest absolute Gasteiger partial charge is 0.416 e. The van der Waals surface area contributed by atoms with Gasteiger partial charge in [0.1, 0.15) is 6.29 Å². The topological polar surface area (TPSA) is 26.3 Å². The van der Waals surface area contributed by atoms with Crippen LogP contribution in [0.2, 0.25) is 16.6 Å². The van der Waals surface area contributed by atoms with Gasteiger partial charge in [-0.2, -0.15) is 0 Å². The van der Waals surface area contributed by atoms with Gasteiger partial charge in [-0.1, -0.05) is 55.4 Å². The molecule has 0 rings (SSSR count). The number of hydrogen-bond acceptors (Lipinski definition) is 2. The van der Waals surface area contributed by atoms with Gasteiger partial charge in [-0.3, -0.25) is 0 Å². The molecule has 114 valence electrons. The Hall–Kier alpha value is -0.153. The highest BCUT2D eigenvalue weighted by molar-refractivity contribution is 6.77. The monoisotopic (exact) mass is 286 g/mol. The maximum atomic E-state index is 10.7. The molecule has 0 radical (unpaired) electrons. The second kappa shape index (κ2) is 8.20. The fourth-order valence-electron chi connectivity index (χ4n) is 3.54. The molecule has 0 bridgehead atoms. The van der Waals surface area contributed by atoms with Crippen LogP contribution >= 0.6 is 0 Å². The molecule has 0 saturated carbocycles. The number of rotatable bonds is 9. The Bertz CT molecular complexity index is 240. The molecule has 19 heavy (non-hydrogen) atoms. The van der Waals surface area contributed by atoms with E-state index in [-0.39, 0.29) is 5.92 Å². The van der Waals surface area contributed by atoms with Crippen molar-refractivity contribution in [1.82, 2.24) is 0 Å². The van der Waals surface area contributed by atoms with Gasteiger partial charge in [-0.05, 0) is 29.0 Å². The Balaban J connectivity index is 4.72. The van der Waals surface area contributed by atoms with Gasteiger partial charge in [0.15, 0.2) is 8.32 Å². The summed E-state index contributed by atoms with van der Waals surface area (Å²) in [6.45, 7) is 18.8. The van der Waals surface area contributed by atoms with Crippen molar-refractivity contribution < 1.29 is 9.22 Å². The molecular formula is C16H34O2Si. The average molecular weight is 287 g/mol. The first-order valence-corrected chi connectivity index (χ1v) is 9.91. The van der Waals surface area contributed by atoms with Crippen molar-refractivity contribution in [2.24, 2.45) is 11.8 Å². The predicted molar refractivity (Wildman–Crippen MR) is 86.0 cm³/mol. The van der Waals surface area contributed by atoms with Crippen LogP contribution < -0.4 is 0 Å². The van der Waals surface area contributed by atoms with Gasteiger partial charge >= 0.3 is 0 Å². The number of hydrogen-bond donors (Lipinski definition) is 0. The third-order valence-electron chi connectivity index (χ3n) is 4.33. The summed E-state index contributed by atoms with van der Waals surface area (Å²) in [6.07, 6.45) is 1.98. The van der Waals surface area contributed by atoms with Crippen molar-refractivity contribution in [3.63, 3.8) is 0 Å². The lowest BCUT2D eigenvalue weighted by Gasteiger charge is -2.42. The predicted octanol–water partition coefficient (Wildman–Crippen LogP) is 5.04. The SMILES string of the molecule is CC(C)[Si](OC[C@H](C)C[C@H](C)C=O)(C(C)C)C(C)C. The molecule has 0 aromatic rings. The van der Waals surface area contributed by atoms with Gasteiger partial charge in [-0.15, -0.1) is 0 Å². The van der Waals surface area contributed by atoms with Crippen LogP contribution in [0.25, 0.3) is 0 Å². The Morgan fingerprint density at radius 1 is 0.895 bits per heavy atom. The minimum atomic E-state index is -1.74. The van der Waals surface area contributed by atoms with E-state index in [9.17, 15) is 4.79 Å². The minimum Gasteiger partial charge on any atom is -0.416 e. The molecule has 0 saturated heterocycles. The van der Waals surface area contributed by atoms with Crippen LogP contribution in [0.1, 0.15) is 61.8 Å². The Morgan fingerprint density at radius 3 is 1.63 bits per heavy atom. The van der Waals surface area contributed by atoms with Gasteiger partial charge in [0.25, 0.3) is 0 Å². The molecule has 0 aromatic carbocycles. The molecule has 0 aromatic heterocycles. The van der Waals surface area contributed by atoms with Gasteiger partial charge in [0, 0.05) is 12.5 Å². The smallest absolute Gasteiger partial charge is 0.200 e. The molecule has 0 aliphatic rings. The van der Waals surface area contributed by atoms with Gasteiger partial charge in [0.05, 0.1) is 0 Å². The summed E-state index contributed by atoms with van der Waals surface area (Å²) in [5.41, 5.74) is 1.88. The minimum absolute atomic E-state index is 0.145. The number of carbonyl (C=O) groups excluding carboxylic acids is 1. The molecule has 0 heterocycles. The zero-order valence-corrected chi connectivity index (χ0v) is 15.2. The van der Waals surface area contributed by atoms with E-state index in [1.54, 1.807) is 0 Å². The fraction of sp³-hybridized carbons (Fsp3) is 0.938. The van der Waals surface area contributed by atoms with E-state index in [0.29, 0.717) is 22.5 Å². The molecule has 0 amide bonds. The van der Waals surface area contributed by atoms with E-state index in [4.69, 9.17) is 4.43 Å². The highest BCUT2D eigenvalue weighted by Gasteiger charge is 2.45. The summed E-state index contributed by atoms with van der Waals surface area (Å²) < 4.78 is 6.54. The van der Waals surface area contributed by atoms with Crippen LogP contribution in [0.15, 0.2) is 0 Å². The maximum Gasteiger partial charge on any atom is 0.200 e. The van der Waals surface area contributed by atoms with Crippen molar-refractivity contribution >= 4 is 14.6 Å². The summed E-state index contributed by atoms with van der Waals surface area (Å²) in [5.74, 6) is 0.607. The summed E-state index contributed by atoms with van der Waals surface area (Å²) in [4.78, 5) is 10.7. The molecule has 0 fully saturated rings. The zero-order valence-electron chi connectivity index (χ0n) is 14.2. The van der Waals surface area contributed by atoms with Gasteiger partial charge < -0.3 is 9.22 Å². The molecule has 0 N–H and O–H groups in total. The van der Waals surface area contributed by atoms with Crippen molar-refractivity contribution in [3.8, 4) is 0 Å². The van der Waals surface area contributed by atoms with Crippen molar-refractivity contribution in [1.29, 1.82) is 0 Å². The van der Waals surface area contributed by atoms with Crippen LogP contribution in [0.4, 0.5) is 0 Å². The zero-order chi connectivity index (χ0) is 15.2. The van der Waals surface area contributed by atoms with Crippen LogP contribution in [-0.2, 0) is 9.22 Å². The van der Waals surface area contributed by atoms with Crippen molar-refractivity contribution in [3.05, 3.63) is 0 Å². The van der Waals surface area contributed by atoms with Gasteiger partial charge in [-0.25, -0.2) is 0 Å². The van der Waals surface area contributed by atoms with Crippen LogP contribution in [0, 0.1) is 11.8 Å². The molecule has 2 atom stereocenters. The second-order valence-electron chi connectivity index (χ2n) is 7.08. The first-order chi connectivity index (χ1) is 8.68. The first-order valence-electron chi connectivity index (χ1n) is 7.77. The summed E-state index contributed by atoms with van der Waals surface area (Å²) in [7, 11) is -1.74. The lowest BCUT2D eigenvalue weighted by molar-refractivity contribution is -0.111. The van der Waals surface area contributed by atoms with Gasteiger partial charge in [0.2, 0.25) is 0 Å². The molecule has 0 unspecified atom stereocenters. The lowest BCUT2D eigenvalue weighted by Crippen LogP contribution is -2.48. The first kappa shape index (κ1) is 18.8. The molecule has 3 heteroatoms. The maximum absolute atomic E-state index is 10.7. The summed E-state index contributed by atoms with van der Waals surface area (Å²) in [6, 6.07) is 0. The van der Waals surface area contributed by atoms with E-state index in [1.165, 1.54) is 0 Å². The van der Waals surface area contributed by atoms with E-state index >= 15 is 0 Å². The Labute approximate surface area is 121 Å². The standard InChI is InChI=1S/C16H34O2Si/c1-12(2)19(13(3)4,14(5)6)18-11-16(8)9-15(7)10-17/h10,12-16H,9,11H2,1-8H3/t15-,16+/m0/s1. The highest BCUT2D eigenvalue weighted by Crippen LogP contribution is 2.42. The van der Waals surface area contributed by atoms with E-state index < -0.39 is 8.32 Å². The summed E-state index contributed by atoms with van der Waals surface area (Å²) in [5, 5.41) is 0. The molecule has 0 aliphatic heterocycles. The second-order valence-corrected chi connectivity index (χ2v) is 12.5. The van der Waals surface area contributed by atoms with Crippen molar-refractivity contribution in [2.75, 3.05) is 6.61 Å². The van der Waals surface area contributed by atoms with E-state index in [2.05, 4.69) is 48.5 Å². The quantitative estimate of drug-likeness (QED) is 0.438. The van der Waals surface area contributed by atoms with Crippen LogP contribution in [-0.4, -0.2) is 21.2 Å². The Kier molecular flexibility index (Phi) is 8.14. The summed E-state index contributed by atoms with van der Waals surface area (Å²) >= 11 is 0. The Morgan fingerprint density at radius 2 is 1.32 bits per heavy atom. The van der Waals surface area contributed by atoms with Crippen LogP contribution in [0.5, 0.6) is 0 Å². The molecular weight excluding hydrogens is 252 g/mol. The third kappa shape index (κ3) is 5.03. The number of carbonyl (C=O) groups is 1. The fourth-order valence-corrected chi connectivity index (χ4v) is 9.12. The normalized spacial score (nSPS) is 16.2. The van der Waals surface area contributed by atoms with Crippen molar-refractivity contribution in [2.45, 2.75) is 78.4 Å².